The summed E-state index contributed by atoms with van der Waals surface area (Å²) in [5.74, 6) is 2.20. The number of ether oxygens (including phenoxy) is 3. The van der Waals surface area contributed by atoms with Crippen LogP contribution in [-0.4, -0.2) is 43.0 Å². The Bertz CT molecular complexity index is 654. The maximum absolute atomic E-state index is 12.1. The van der Waals surface area contributed by atoms with E-state index in [2.05, 4.69) is 26.1 Å². The SMILES string of the molecule is COC(=O)[C@H](CSCO[C@@H]1C[C@H](C)CC[C@H]1C(C)C)NC(=O)OCc1ccccc1. The average molecular weight is 438 g/mol. The van der Waals surface area contributed by atoms with Gasteiger partial charge in [0.25, 0.3) is 0 Å². The second-order valence-electron chi connectivity index (χ2n) is 8.30. The Morgan fingerprint density at radius 2 is 1.93 bits per heavy atom. The zero-order valence-electron chi connectivity index (χ0n) is 18.5. The first-order valence-electron chi connectivity index (χ1n) is 10.6. The molecule has 1 fully saturated rings. The van der Waals surface area contributed by atoms with Gasteiger partial charge in [0, 0.05) is 5.75 Å². The van der Waals surface area contributed by atoms with Crippen LogP contribution in [0, 0.1) is 17.8 Å². The van der Waals surface area contributed by atoms with Crippen molar-refractivity contribution in [3.8, 4) is 0 Å². The molecule has 0 aliphatic heterocycles. The van der Waals surface area contributed by atoms with Crippen LogP contribution in [0.5, 0.6) is 0 Å². The predicted octanol–water partition coefficient (Wildman–Crippen LogP) is 4.62. The molecule has 0 saturated heterocycles. The number of benzene rings is 1. The number of amides is 1. The first-order chi connectivity index (χ1) is 14.4. The lowest BCUT2D eigenvalue weighted by Gasteiger charge is -2.37. The molecule has 6 nitrogen and oxygen atoms in total. The Morgan fingerprint density at radius 1 is 1.20 bits per heavy atom. The van der Waals surface area contributed by atoms with Crippen LogP contribution in [-0.2, 0) is 25.6 Å². The molecule has 2 rings (SSSR count). The lowest BCUT2D eigenvalue weighted by molar-refractivity contribution is -0.142. The first-order valence-corrected chi connectivity index (χ1v) is 11.8. The van der Waals surface area contributed by atoms with E-state index in [1.807, 2.05) is 30.3 Å². The molecule has 1 saturated carbocycles. The van der Waals surface area contributed by atoms with E-state index >= 15 is 0 Å². The van der Waals surface area contributed by atoms with Crippen LogP contribution in [0.2, 0.25) is 0 Å². The highest BCUT2D eigenvalue weighted by Crippen LogP contribution is 2.35. The molecule has 30 heavy (non-hydrogen) atoms. The highest BCUT2D eigenvalue weighted by Gasteiger charge is 2.31. The third-order valence-electron chi connectivity index (χ3n) is 5.60. The lowest BCUT2D eigenvalue weighted by Crippen LogP contribution is -2.43. The van der Waals surface area contributed by atoms with E-state index in [4.69, 9.17) is 14.2 Å². The molecule has 4 atom stereocenters. The van der Waals surface area contributed by atoms with Crippen LogP contribution in [0.4, 0.5) is 4.79 Å². The molecule has 168 valence electrons. The maximum atomic E-state index is 12.1. The van der Waals surface area contributed by atoms with Gasteiger partial charge in [-0.2, -0.15) is 0 Å². The van der Waals surface area contributed by atoms with Gasteiger partial charge in [-0.05, 0) is 36.2 Å². The van der Waals surface area contributed by atoms with Crippen LogP contribution in [0.15, 0.2) is 30.3 Å². The summed E-state index contributed by atoms with van der Waals surface area (Å²) in [7, 11) is 1.31. The zero-order valence-corrected chi connectivity index (χ0v) is 19.3. The van der Waals surface area contributed by atoms with Crippen molar-refractivity contribution in [1.29, 1.82) is 0 Å². The van der Waals surface area contributed by atoms with E-state index in [9.17, 15) is 9.59 Å². The maximum Gasteiger partial charge on any atom is 0.408 e. The lowest BCUT2D eigenvalue weighted by atomic mass is 9.75. The van der Waals surface area contributed by atoms with Crippen molar-refractivity contribution in [2.24, 2.45) is 17.8 Å². The van der Waals surface area contributed by atoms with Gasteiger partial charge in [-0.1, -0.05) is 57.5 Å². The number of carbonyl (C=O) groups is 2. The summed E-state index contributed by atoms with van der Waals surface area (Å²) in [5.41, 5.74) is 0.881. The van der Waals surface area contributed by atoms with Gasteiger partial charge in [-0.3, -0.25) is 0 Å². The molecule has 1 amide bonds. The Morgan fingerprint density at radius 3 is 2.60 bits per heavy atom. The molecule has 0 radical (unpaired) electrons. The fourth-order valence-corrected chi connectivity index (χ4v) is 4.65. The standard InChI is InChI=1S/C23H35NO5S/c1-16(2)19-11-10-17(3)12-21(19)29-15-30-14-20(22(25)27-4)24-23(26)28-13-18-8-6-5-7-9-18/h5-9,16-17,19-21H,10-15H2,1-4H3,(H,24,26)/t17-,19+,20+,21-/m1/s1. The number of methoxy groups -OCH3 is 1. The van der Waals surface area contributed by atoms with Crippen molar-refractivity contribution in [1.82, 2.24) is 5.32 Å². The van der Waals surface area contributed by atoms with E-state index in [0.717, 1.165) is 12.0 Å². The molecule has 1 N–H and O–H groups in total. The fourth-order valence-electron chi connectivity index (χ4n) is 3.83. The summed E-state index contributed by atoms with van der Waals surface area (Å²) in [6.07, 6.45) is 3.15. The molecular formula is C23H35NO5S. The average Bonchev–Trinajstić information content (AvgIpc) is 2.74. The molecule has 0 unspecified atom stereocenters. The minimum Gasteiger partial charge on any atom is -0.467 e. The van der Waals surface area contributed by atoms with Crippen molar-refractivity contribution < 1.29 is 23.8 Å². The molecule has 1 aliphatic rings. The Labute approximate surface area is 184 Å². The van der Waals surface area contributed by atoms with Crippen LogP contribution >= 0.6 is 11.8 Å². The van der Waals surface area contributed by atoms with Crippen molar-refractivity contribution in [3.05, 3.63) is 35.9 Å². The summed E-state index contributed by atoms with van der Waals surface area (Å²) in [6.45, 7) is 6.93. The summed E-state index contributed by atoms with van der Waals surface area (Å²) < 4.78 is 16.2. The van der Waals surface area contributed by atoms with E-state index in [0.29, 0.717) is 29.4 Å². The van der Waals surface area contributed by atoms with Crippen LogP contribution < -0.4 is 5.32 Å². The smallest absolute Gasteiger partial charge is 0.408 e. The number of alkyl carbamates (subject to hydrolysis) is 1. The molecular weight excluding hydrogens is 402 g/mol. The predicted molar refractivity (Wildman–Crippen MR) is 119 cm³/mol. The Balaban J connectivity index is 1.77. The van der Waals surface area contributed by atoms with E-state index < -0.39 is 18.1 Å². The van der Waals surface area contributed by atoms with Crippen molar-refractivity contribution >= 4 is 23.8 Å². The number of esters is 1. The van der Waals surface area contributed by atoms with Gasteiger partial charge in [-0.25, -0.2) is 9.59 Å². The molecule has 1 aromatic carbocycles. The molecule has 0 heterocycles. The second kappa shape index (κ2) is 12.8. The van der Waals surface area contributed by atoms with E-state index in [-0.39, 0.29) is 12.7 Å². The minimum atomic E-state index is -0.780. The van der Waals surface area contributed by atoms with Crippen molar-refractivity contribution in [2.45, 2.75) is 58.8 Å². The molecule has 1 aromatic rings. The Hall–Kier alpha value is -1.73. The van der Waals surface area contributed by atoms with Crippen molar-refractivity contribution in [2.75, 3.05) is 18.8 Å². The summed E-state index contributed by atoms with van der Waals surface area (Å²) in [4.78, 5) is 24.2. The van der Waals surface area contributed by atoms with E-state index in [1.54, 1.807) is 0 Å². The number of hydrogen-bond donors (Lipinski definition) is 1. The van der Waals surface area contributed by atoms with Crippen molar-refractivity contribution in [3.63, 3.8) is 0 Å². The van der Waals surface area contributed by atoms with Crippen LogP contribution in [0.25, 0.3) is 0 Å². The van der Waals surface area contributed by atoms with Gasteiger partial charge in [0.05, 0.1) is 19.2 Å². The normalized spacial score (nSPS) is 22.4. The van der Waals surface area contributed by atoms with Gasteiger partial charge < -0.3 is 19.5 Å². The fraction of sp³-hybridized carbons (Fsp3) is 0.652. The van der Waals surface area contributed by atoms with Gasteiger partial charge in [-0.15, -0.1) is 11.8 Å². The third kappa shape index (κ3) is 8.19. The summed E-state index contributed by atoms with van der Waals surface area (Å²) in [5, 5.41) is 2.60. The first kappa shape index (κ1) is 24.5. The monoisotopic (exact) mass is 437 g/mol. The largest absolute Gasteiger partial charge is 0.467 e. The number of carbonyl (C=O) groups excluding carboxylic acids is 2. The zero-order chi connectivity index (χ0) is 21.9. The van der Waals surface area contributed by atoms with E-state index in [1.165, 1.54) is 31.7 Å². The second-order valence-corrected chi connectivity index (χ2v) is 9.28. The number of nitrogens with one attached hydrogen (secondary N) is 1. The highest BCUT2D eigenvalue weighted by molar-refractivity contribution is 7.99. The van der Waals surface area contributed by atoms with Gasteiger partial charge in [0.1, 0.15) is 12.6 Å². The quantitative estimate of drug-likeness (QED) is 0.327. The third-order valence-corrected chi connectivity index (χ3v) is 6.47. The minimum absolute atomic E-state index is 0.146. The highest BCUT2D eigenvalue weighted by atomic mass is 32.2. The molecule has 0 spiro atoms. The molecule has 0 bridgehead atoms. The summed E-state index contributed by atoms with van der Waals surface area (Å²) >= 11 is 1.48. The summed E-state index contributed by atoms with van der Waals surface area (Å²) in [6, 6.07) is 8.61. The Kier molecular flexibility index (Phi) is 10.5. The number of thioether (sulfide) groups is 1. The van der Waals surface area contributed by atoms with Gasteiger partial charge >= 0.3 is 12.1 Å². The topological polar surface area (TPSA) is 73.9 Å². The van der Waals surface area contributed by atoms with Crippen LogP contribution in [0.3, 0.4) is 0 Å². The van der Waals surface area contributed by atoms with Gasteiger partial charge in [0.15, 0.2) is 0 Å². The number of rotatable bonds is 10. The molecule has 0 aromatic heterocycles. The molecule has 7 heteroatoms. The van der Waals surface area contributed by atoms with Gasteiger partial charge in [0.2, 0.25) is 0 Å². The number of hydrogen-bond acceptors (Lipinski definition) is 6. The van der Waals surface area contributed by atoms with Crippen LogP contribution in [0.1, 0.15) is 45.6 Å². The molecule has 1 aliphatic carbocycles.